The zero-order valence-electron chi connectivity index (χ0n) is 17.3. The lowest BCUT2D eigenvalue weighted by atomic mass is 9.90. The monoisotopic (exact) mass is 485 g/mol. The van der Waals surface area contributed by atoms with Crippen LogP contribution in [0.5, 0.6) is 0 Å². The summed E-state index contributed by atoms with van der Waals surface area (Å²) in [6.45, 7) is 3.18. The first-order valence-electron chi connectivity index (χ1n) is 10.5. The van der Waals surface area contributed by atoms with Crippen molar-refractivity contribution in [2.45, 2.75) is 44.8 Å². The molecule has 0 unspecified atom stereocenters. The summed E-state index contributed by atoms with van der Waals surface area (Å²) in [5.41, 5.74) is -0.180. The maximum Gasteiger partial charge on any atom is 0.264 e. The van der Waals surface area contributed by atoms with E-state index < -0.39 is 5.60 Å². The number of benzene rings is 1. The predicted molar refractivity (Wildman–Crippen MR) is 119 cm³/mol. The van der Waals surface area contributed by atoms with Crippen LogP contribution in [0.3, 0.4) is 0 Å². The molecule has 5 rings (SSSR count). The van der Waals surface area contributed by atoms with Gasteiger partial charge in [0.15, 0.2) is 5.65 Å². The molecule has 1 N–H and O–H groups in total. The molecule has 162 valence electrons. The van der Waals surface area contributed by atoms with Crippen LogP contribution in [0.2, 0.25) is 0 Å². The van der Waals surface area contributed by atoms with Crippen molar-refractivity contribution in [3.8, 4) is 5.69 Å². The Hall–Kier alpha value is -2.52. The van der Waals surface area contributed by atoms with Gasteiger partial charge in [-0.25, -0.2) is 9.67 Å². The molecule has 8 nitrogen and oxygen atoms in total. The fourth-order valence-corrected chi connectivity index (χ4v) is 4.48. The molecule has 1 saturated carbocycles. The van der Waals surface area contributed by atoms with Gasteiger partial charge in [0.1, 0.15) is 11.7 Å². The van der Waals surface area contributed by atoms with E-state index >= 15 is 0 Å². The van der Waals surface area contributed by atoms with Crippen molar-refractivity contribution in [2.24, 2.45) is 5.41 Å². The van der Waals surface area contributed by atoms with Crippen LogP contribution in [0.15, 0.2) is 46.1 Å². The summed E-state index contributed by atoms with van der Waals surface area (Å²) in [7, 11) is 0. The van der Waals surface area contributed by atoms with Gasteiger partial charge in [-0.3, -0.25) is 14.2 Å². The number of piperidine rings is 1. The third kappa shape index (κ3) is 3.70. The first kappa shape index (κ1) is 20.4. The molecule has 2 aromatic heterocycles. The van der Waals surface area contributed by atoms with Gasteiger partial charge in [-0.1, -0.05) is 22.9 Å². The summed E-state index contributed by atoms with van der Waals surface area (Å²) in [5.74, 6) is 0.190. The molecule has 0 radical (unpaired) electrons. The molecule has 0 spiro atoms. The van der Waals surface area contributed by atoms with Crippen LogP contribution in [0.25, 0.3) is 16.7 Å². The van der Waals surface area contributed by atoms with Gasteiger partial charge >= 0.3 is 0 Å². The Kier molecular flexibility index (Phi) is 4.78. The van der Waals surface area contributed by atoms with E-state index in [4.69, 9.17) is 0 Å². The molecular weight excluding hydrogens is 462 g/mol. The van der Waals surface area contributed by atoms with E-state index in [1.54, 1.807) is 4.68 Å². The molecule has 1 aliphatic carbocycles. The van der Waals surface area contributed by atoms with Crippen LogP contribution in [0.1, 0.15) is 32.6 Å². The first-order chi connectivity index (χ1) is 14.8. The average molecular weight is 486 g/mol. The molecule has 3 aromatic rings. The Labute approximate surface area is 187 Å². The highest BCUT2D eigenvalue weighted by Gasteiger charge is 2.48. The number of aromatic nitrogens is 4. The van der Waals surface area contributed by atoms with E-state index in [0.717, 1.165) is 23.0 Å². The van der Waals surface area contributed by atoms with Crippen LogP contribution in [-0.2, 0) is 11.3 Å². The maximum absolute atomic E-state index is 13.0. The van der Waals surface area contributed by atoms with Crippen LogP contribution in [0.4, 0.5) is 0 Å². The quantitative estimate of drug-likeness (QED) is 0.612. The second-order valence-electron chi connectivity index (χ2n) is 9.02. The lowest BCUT2D eigenvalue weighted by molar-refractivity contribution is -0.141. The minimum atomic E-state index is -1.04. The highest BCUT2D eigenvalue weighted by atomic mass is 79.9. The fraction of sp³-hybridized carbons (Fsp3) is 0.455. The van der Waals surface area contributed by atoms with E-state index in [1.165, 1.54) is 17.1 Å². The number of likely N-dealkylation sites (tertiary alicyclic amines) is 1. The van der Waals surface area contributed by atoms with E-state index in [2.05, 4.69) is 26.0 Å². The minimum Gasteiger partial charge on any atom is -0.388 e. The summed E-state index contributed by atoms with van der Waals surface area (Å²) in [6, 6.07) is 7.59. The standard InChI is InChI=1S/C22H24BrN5O3/c1-21(6-7-21)20(30)26-10-8-22(31,9-11-26)13-27-14-24-18-17(19(27)29)12-25-28(18)16-4-2-15(23)3-5-16/h2-5,12,14,31H,6-11,13H2,1H3. The van der Waals surface area contributed by atoms with E-state index in [9.17, 15) is 14.7 Å². The zero-order valence-corrected chi connectivity index (χ0v) is 18.9. The van der Waals surface area contributed by atoms with Crippen LogP contribution >= 0.6 is 15.9 Å². The number of amides is 1. The summed E-state index contributed by atoms with van der Waals surface area (Å²) < 4.78 is 4.04. The van der Waals surface area contributed by atoms with E-state index in [0.29, 0.717) is 37.0 Å². The van der Waals surface area contributed by atoms with Gasteiger partial charge < -0.3 is 10.0 Å². The number of carbonyl (C=O) groups is 1. The Bertz CT molecular complexity index is 1200. The van der Waals surface area contributed by atoms with Crippen molar-refractivity contribution in [1.29, 1.82) is 0 Å². The molecule has 0 atom stereocenters. The first-order valence-corrected chi connectivity index (χ1v) is 11.3. The van der Waals surface area contributed by atoms with Gasteiger partial charge in [0, 0.05) is 23.0 Å². The second kappa shape index (κ2) is 7.27. The number of hydrogen-bond donors (Lipinski definition) is 1. The number of nitrogens with zero attached hydrogens (tertiary/aromatic N) is 5. The smallest absolute Gasteiger partial charge is 0.264 e. The van der Waals surface area contributed by atoms with Gasteiger partial charge in [-0.2, -0.15) is 5.10 Å². The molecule has 1 amide bonds. The molecule has 31 heavy (non-hydrogen) atoms. The molecule has 1 saturated heterocycles. The molecule has 2 aliphatic rings. The molecule has 3 heterocycles. The van der Waals surface area contributed by atoms with E-state index in [-0.39, 0.29) is 23.4 Å². The number of rotatable bonds is 4. The lowest BCUT2D eigenvalue weighted by Gasteiger charge is -2.39. The number of hydrogen-bond acceptors (Lipinski definition) is 5. The third-order valence-corrected chi connectivity index (χ3v) is 7.12. The van der Waals surface area contributed by atoms with Gasteiger partial charge in [-0.05, 0) is 49.9 Å². The summed E-state index contributed by atoms with van der Waals surface area (Å²) in [6.07, 6.45) is 5.77. The average Bonchev–Trinajstić information content (AvgIpc) is 3.36. The largest absolute Gasteiger partial charge is 0.388 e. The topological polar surface area (TPSA) is 93.2 Å². The summed E-state index contributed by atoms with van der Waals surface area (Å²) in [4.78, 5) is 31.9. The normalized spacial score (nSPS) is 19.5. The second-order valence-corrected chi connectivity index (χ2v) is 9.94. The Morgan fingerprint density at radius 1 is 1.16 bits per heavy atom. The number of aliphatic hydroxyl groups is 1. The number of carbonyl (C=O) groups excluding carboxylic acids is 1. The third-order valence-electron chi connectivity index (χ3n) is 6.59. The number of halogens is 1. The van der Waals surface area contributed by atoms with Gasteiger partial charge in [0.2, 0.25) is 5.91 Å². The molecule has 0 bridgehead atoms. The maximum atomic E-state index is 13.0. The van der Waals surface area contributed by atoms with Crippen LogP contribution < -0.4 is 5.56 Å². The Balaban J connectivity index is 1.35. The predicted octanol–water partition coefficient (Wildman–Crippen LogP) is 2.50. The highest BCUT2D eigenvalue weighted by Crippen LogP contribution is 2.47. The Morgan fingerprint density at radius 2 is 1.84 bits per heavy atom. The molecule has 1 aliphatic heterocycles. The summed E-state index contributed by atoms with van der Waals surface area (Å²) in [5, 5.41) is 15.8. The molecule has 1 aromatic carbocycles. The minimum absolute atomic E-state index is 0.150. The van der Waals surface area contributed by atoms with Gasteiger partial charge in [0.25, 0.3) is 5.56 Å². The Morgan fingerprint density at radius 3 is 2.48 bits per heavy atom. The van der Waals surface area contributed by atoms with Crippen LogP contribution in [0, 0.1) is 5.41 Å². The van der Waals surface area contributed by atoms with Crippen LogP contribution in [-0.4, -0.2) is 53.9 Å². The van der Waals surface area contributed by atoms with Crippen molar-refractivity contribution < 1.29 is 9.90 Å². The lowest BCUT2D eigenvalue weighted by Crippen LogP contribution is -2.51. The fourth-order valence-electron chi connectivity index (χ4n) is 4.22. The van der Waals surface area contributed by atoms with Gasteiger partial charge in [-0.15, -0.1) is 0 Å². The number of fused-ring (bicyclic) bond motifs is 1. The molecule has 9 heteroatoms. The van der Waals surface area contributed by atoms with Crippen molar-refractivity contribution in [3.05, 3.63) is 51.6 Å². The van der Waals surface area contributed by atoms with Crippen molar-refractivity contribution in [2.75, 3.05) is 13.1 Å². The molecular formula is C22H24BrN5O3. The highest BCUT2D eigenvalue weighted by molar-refractivity contribution is 9.10. The van der Waals surface area contributed by atoms with Crippen molar-refractivity contribution in [1.82, 2.24) is 24.2 Å². The van der Waals surface area contributed by atoms with Gasteiger partial charge in [0.05, 0.1) is 24.0 Å². The molecule has 2 fully saturated rings. The van der Waals surface area contributed by atoms with E-state index in [1.807, 2.05) is 36.1 Å². The SMILES string of the molecule is CC1(C(=O)N2CCC(O)(Cn3cnc4c(cnn4-c4ccc(Br)cc4)c3=O)CC2)CC1. The zero-order chi connectivity index (χ0) is 21.8. The van der Waals surface area contributed by atoms with Crippen molar-refractivity contribution >= 4 is 32.9 Å². The summed E-state index contributed by atoms with van der Waals surface area (Å²) >= 11 is 3.41. The van der Waals surface area contributed by atoms with Crippen molar-refractivity contribution in [3.63, 3.8) is 0 Å².